The molecule has 0 saturated carbocycles. The Morgan fingerprint density at radius 1 is 1.40 bits per heavy atom. The van der Waals surface area contributed by atoms with Gasteiger partial charge < -0.3 is 9.94 Å². The quantitative estimate of drug-likeness (QED) is 0.731. The number of aromatic nitrogens is 2. The van der Waals surface area contributed by atoms with Crippen molar-refractivity contribution >= 4 is 11.6 Å². The fraction of sp³-hybridized carbons (Fsp3) is 0.111. The summed E-state index contributed by atoms with van der Waals surface area (Å²) >= 11 is 5.73. The molecule has 1 heterocycles. The molecule has 2 rings (SSSR count). The zero-order valence-electron chi connectivity index (χ0n) is 7.81. The van der Waals surface area contributed by atoms with Gasteiger partial charge >= 0.3 is 5.88 Å². The van der Waals surface area contributed by atoms with Crippen molar-refractivity contribution in [3.63, 3.8) is 0 Å². The number of nitrogens with zero attached hydrogens (tertiary/aromatic N) is 2. The number of hydrogen-bond donors (Lipinski definition) is 0. The van der Waals surface area contributed by atoms with Crippen LogP contribution in [-0.2, 0) is 0 Å². The van der Waals surface area contributed by atoms with E-state index in [-0.39, 0.29) is 11.6 Å². The first-order chi connectivity index (χ1) is 7.22. The van der Waals surface area contributed by atoms with E-state index in [1.54, 1.807) is 24.3 Å². The molecule has 15 heavy (non-hydrogen) atoms. The van der Waals surface area contributed by atoms with Gasteiger partial charge in [0.1, 0.15) is 0 Å². The molecule has 0 atom stereocenters. The molecule has 0 radical (unpaired) electrons. The third-order valence-corrected chi connectivity index (χ3v) is 2.15. The molecule has 5 nitrogen and oxygen atoms in total. The van der Waals surface area contributed by atoms with Crippen molar-refractivity contribution in [3.05, 3.63) is 34.5 Å². The Morgan fingerprint density at radius 3 is 2.67 bits per heavy atom. The van der Waals surface area contributed by atoms with Crippen molar-refractivity contribution in [1.29, 1.82) is 0 Å². The van der Waals surface area contributed by atoms with Gasteiger partial charge in [-0.3, -0.25) is 4.63 Å². The van der Waals surface area contributed by atoms with Crippen molar-refractivity contribution in [2.75, 3.05) is 7.11 Å². The van der Waals surface area contributed by atoms with Crippen LogP contribution in [0.1, 0.15) is 0 Å². The minimum Gasteiger partial charge on any atom is -0.458 e. The molecule has 0 bridgehead atoms. The molecule has 1 aromatic heterocycles. The molecule has 0 aliphatic heterocycles. The summed E-state index contributed by atoms with van der Waals surface area (Å²) in [6.07, 6.45) is 0. The van der Waals surface area contributed by atoms with Gasteiger partial charge in [0, 0.05) is 10.6 Å². The van der Waals surface area contributed by atoms with Gasteiger partial charge in [-0.15, -0.1) is 0 Å². The predicted molar refractivity (Wildman–Crippen MR) is 52.5 cm³/mol. The fourth-order valence-corrected chi connectivity index (χ4v) is 1.33. The largest absolute Gasteiger partial charge is 0.458 e. The number of hydrogen-bond acceptors (Lipinski definition) is 4. The van der Waals surface area contributed by atoms with Crippen molar-refractivity contribution in [2.45, 2.75) is 0 Å². The summed E-state index contributed by atoms with van der Waals surface area (Å²) in [5.41, 5.74) is 0.863. The van der Waals surface area contributed by atoms with E-state index in [2.05, 4.69) is 9.79 Å². The molecule has 0 spiro atoms. The van der Waals surface area contributed by atoms with Gasteiger partial charge in [-0.1, -0.05) is 11.6 Å². The number of ether oxygens (including phenoxy) is 1. The highest BCUT2D eigenvalue weighted by atomic mass is 35.5. The van der Waals surface area contributed by atoms with Gasteiger partial charge in [-0.2, -0.15) is 0 Å². The standard InChI is InChI=1S/C9H7ClN2O3/c1-14-9-8(12(13)15-11-9)6-2-4-7(10)5-3-6/h2-5H,1H3. The van der Waals surface area contributed by atoms with Gasteiger partial charge in [0.15, 0.2) is 0 Å². The molecular weight excluding hydrogens is 220 g/mol. The molecule has 0 N–H and O–H groups in total. The van der Waals surface area contributed by atoms with Gasteiger partial charge in [0.25, 0.3) is 5.69 Å². The highest BCUT2D eigenvalue weighted by Gasteiger charge is 2.21. The molecule has 0 aliphatic rings. The first-order valence-electron chi connectivity index (χ1n) is 4.12. The second-order valence-electron chi connectivity index (χ2n) is 2.79. The van der Waals surface area contributed by atoms with E-state index in [9.17, 15) is 5.21 Å². The SMILES string of the molecule is COc1no[n+]([O-])c1-c1ccc(Cl)cc1. The van der Waals surface area contributed by atoms with Crippen molar-refractivity contribution in [2.24, 2.45) is 0 Å². The maximum Gasteiger partial charge on any atom is 0.402 e. The van der Waals surface area contributed by atoms with E-state index in [0.29, 0.717) is 15.5 Å². The van der Waals surface area contributed by atoms with Crippen LogP contribution < -0.4 is 9.64 Å². The normalized spacial score (nSPS) is 10.3. The zero-order chi connectivity index (χ0) is 10.8. The van der Waals surface area contributed by atoms with Crippen LogP contribution in [0.4, 0.5) is 0 Å². The number of rotatable bonds is 2. The van der Waals surface area contributed by atoms with Gasteiger partial charge in [0.2, 0.25) is 0 Å². The van der Waals surface area contributed by atoms with Crippen molar-refractivity contribution in [3.8, 4) is 17.1 Å². The molecule has 1 aromatic carbocycles. The van der Waals surface area contributed by atoms with Crippen LogP contribution in [0, 0.1) is 5.21 Å². The lowest BCUT2D eigenvalue weighted by Gasteiger charge is -1.97. The highest BCUT2D eigenvalue weighted by Crippen LogP contribution is 2.25. The monoisotopic (exact) mass is 226 g/mol. The topological polar surface area (TPSA) is 62.2 Å². The fourth-order valence-electron chi connectivity index (χ4n) is 1.21. The van der Waals surface area contributed by atoms with E-state index in [0.717, 1.165) is 0 Å². The minimum absolute atomic E-state index is 0.146. The summed E-state index contributed by atoms with van der Waals surface area (Å²) in [7, 11) is 1.41. The lowest BCUT2D eigenvalue weighted by Crippen LogP contribution is -2.25. The van der Waals surface area contributed by atoms with E-state index < -0.39 is 0 Å². The second kappa shape index (κ2) is 3.78. The third kappa shape index (κ3) is 1.73. The Morgan fingerprint density at radius 2 is 2.07 bits per heavy atom. The molecule has 2 aromatic rings. The molecule has 0 unspecified atom stereocenters. The Hall–Kier alpha value is -1.75. The van der Waals surface area contributed by atoms with Crippen LogP contribution in [0.25, 0.3) is 11.3 Å². The molecule has 0 fully saturated rings. The molecule has 78 valence electrons. The van der Waals surface area contributed by atoms with Crippen LogP contribution in [-0.4, -0.2) is 12.3 Å². The maximum absolute atomic E-state index is 11.3. The van der Waals surface area contributed by atoms with Gasteiger partial charge in [-0.25, -0.2) is 0 Å². The van der Waals surface area contributed by atoms with E-state index >= 15 is 0 Å². The first-order valence-corrected chi connectivity index (χ1v) is 4.50. The average molecular weight is 227 g/mol. The Balaban J connectivity index is 2.52. The number of halogens is 1. The average Bonchev–Trinajstić information content (AvgIpc) is 2.61. The zero-order valence-corrected chi connectivity index (χ0v) is 8.56. The number of benzene rings is 1. The summed E-state index contributed by atoms with van der Waals surface area (Å²) in [5, 5.41) is 15.3. The van der Waals surface area contributed by atoms with Crippen LogP contribution >= 0.6 is 11.6 Å². The summed E-state index contributed by atoms with van der Waals surface area (Å²) in [4.78, 5) is 0.294. The maximum atomic E-state index is 11.3. The lowest BCUT2D eigenvalue weighted by molar-refractivity contribution is -0.793. The molecule has 0 aliphatic carbocycles. The summed E-state index contributed by atoms with van der Waals surface area (Å²) in [5.74, 6) is 0.146. The summed E-state index contributed by atoms with van der Waals surface area (Å²) < 4.78 is 9.32. The van der Waals surface area contributed by atoms with Gasteiger partial charge in [-0.05, 0) is 29.2 Å². The van der Waals surface area contributed by atoms with Crippen LogP contribution in [0.2, 0.25) is 5.02 Å². The number of methoxy groups -OCH3 is 1. The van der Waals surface area contributed by atoms with Crippen molar-refractivity contribution < 1.29 is 14.3 Å². The smallest absolute Gasteiger partial charge is 0.402 e. The second-order valence-corrected chi connectivity index (χ2v) is 3.23. The van der Waals surface area contributed by atoms with Gasteiger partial charge in [0.05, 0.1) is 12.3 Å². The van der Waals surface area contributed by atoms with E-state index in [1.807, 2.05) is 0 Å². The predicted octanol–water partition coefficient (Wildman–Crippen LogP) is 1.64. The first kappa shape index (κ1) is 9.79. The Bertz CT molecular complexity index is 467. The third-order valence-electron chi connectivity index (χ3n) is 1.89. The van der Waals surface area contributed by atoms with Crippen LogP contribution in [0.5, 0.6) is 5.88 Å². The molecular formula is C9H7ClN2O3. The Labute approximate surface area is 90.4 Å². The molecule has 6 heteroatoms. The van der Waals surface area contributed by atoms with Crippen LogP contribution in [0.3, 0.4) is 0 Å². The Kier molecular flexibility index (Phi) is 2.47. The summed E-state index contributed by atoms with van der Waals surface area (Å²) in [6.45, 7) is 0. The molecule has 0 saturated heterocycles. The highest BCUT2D eigenvalue weighted by molar-refractivity contribution is 6.30. The van der Waals surface area contributed by atoms with E-state index in [1.165, 1.54) is 7.11 Å². The summed E-state index contributed by atoms with van der Waals surface area (Å²) in [6, 6.07) is 6.71. The lowest BCUT2D eigenvalue weighted by atomic mass is 10.2. The molecule has 0 amide bonds. The van der Waals surface area contributed by atoms with E-state index in [4.69, 9.17) is 16.3 Å². The minimum atomic E-state index is 0.146. The van der Waals surface area contributed by atoms with Crippen molar-refractivity contribution in [1.82, 2.24) is 5.16 Å². The van der Waals surface area contributed by atoms with Crippen LogP contribution in [0.15, 0.2) is 28.9 Å².